The molecule has 250 valence electrons. The van der Waals surface area contributed by atoms with Gasteiger partial charge in [-0.1, -0.05) is 60.7 Å². The minimum absolute atomic E-state index is 0.0890. The van der Waals surface area contributed by atoms with Crippen molar-refractivity contribution in [3.63, 3.8) is 0 Å². The number of hydrogen-bond donors (Lipinski definition) is 3. The third kappa shape index (κ3) is 11.2. The number of hydrogen-bond acceptors (Lipinski definition) is 7. The molecule has 3 rings (SSSR count). The molecule has 2 aromatic rings. The van der Waals surface area contributed by atoms with Crippen molar-refractivity contribution >= 4 is 29.8 Å². The van der Waals surface area contributed by atoms with Crippen LogP contribution in [0.25, 0.3) is 0 Å². The summed E-state index contributed by atoms with van der Waals surface area (Å²) in [5.74, 6) is -2.39. The molecule has 2 aromatic carbocycles. The van der Waals surface area contributed by atoms with Crippen LogP contribution in [0.15, 0.2) is 60.7 Å². The first-order valence-electron chi connectivity index (χ1n) is 15.8. The first-order chi connectivity index (χ1) is 21.5. The van der Waals surface area contributed by atoms with Crippen LogP contribution in [0, 0.1) is 0 Å². The summed E-state index contributed by atoms with van der Waals surface area (Å²) in [5, 5.41) is 5.50. The topological polar surface area (TPSA) is 157 Å². The van der Waals surface area contributed by atoms with Gasteiger partial charge in [0.2, 0.25) is 17.7 Å². The minimum atomic E-state index is -1.20. The molecule has 11 heteroatoms. The summed E-state index contributed by atoms with van der Waals surface area (Å²) in [4.78, 5) is 68.3. The monoisotopic (exact) mass is 636 g/mol. The van der Waals surface area contributed by atoms with Gasteiger partial charge in [-0.25, -0.2) is 9.59 Å². The van der Waals surface area contributed by atoms with E-state index in [1.807, 2.05) is 30.3 Å². The highest BCUT2D eigenvalue weighted by atomic mass is 16.6. The Labute approximate surface area is 271 Å². The number of alkyl carbamates (subject to hydrolysis) is 1. The van der Waals surface area contributed by atoms with E-state index in [4.69, 9.17) is 15.2 Å². The Kier molecular flexibility index (Phi) is 12.3. The summed E-state index contributed by atoms with van der Waals surface area (Å²) in [6.07, 6.45) is 1.18. The van der Waals surface area contributed by atoms with Gasteiger partial charge >= 0.3 is 12.1 Å². The summed E-state index contributed by atoms with van der Waals surface area (Å²) >= 11 is 0. The molecule has 3 unspecified atom stereocenters. The predicted molar refractivity (Wildman–Crippen MR) is 173 cm³/mol. The summed E-state index contributed by atoms with van der Waals surface area (Å²) in [7, 11) is 0. The van der Waals surface area contributed by atoms with Gasteiger partial charge in [0.05, 0.1) is 0 Å². The van der Waals surface area contributed by atoms with E-state index in [0.717, 1.165) is 12.0 Å². The Morgan fingerprint density at radius 2 is 1.39 bits per heavy atom. The molecular formula is C35H48N4O7. The Bertz CT molecular complexity index is 1350. The van der Waals surface area contributed by atoms with Crippen LogP contribution in [0.2, 0.25) is 0 Å². The maximum atomic E-state index is 14.4. The van der Waals surface area contributed by atoms with Crippen molar-refractivity contribution in [3.05, 3.63) is 71.8 Å². The number of primary amides is 1. The van der Waals surface area contributed by atoms with Gasteiger partial charge in [0.1, 0.15) is 29.3 Å². The van der Waals surface area contributed by atoms with E-state index in [9.17, 15) is 24.0 Å². The Balaban J connectivity index is 2.03. The fraction of sp³-hybridized carbons (Fsp3) is 0.514. The van der Waals surface area contributed by atoms with Crippen LogP contribution in [0.1, 0.15) is 90.8 Å². The van der Waals surface area contributed by atoms with Crippen LogP contribution in [0.3, 0.4) is 0 Å². The SMILES string of the molecule is CC(C)(C)OC(=O)NC(CCC(N)=O)C(=O)N(C1CCC1)C(C(=O)NC(Cc1ccccc1)C(=O)OC(C)(C)C)c1ccccc1. The molecule has 0 bridgehead atoms. The third-order valence-corrected chi connectivity index (χ3v) is 7.32. The highest BCUT2D eigenvalue weighted by Gasteiger charge is 2.43. The molecule has 0 aromatic heterocycles. The van der Waals surface area contributed by atoms with Gasteiger partial charge in [0.25, 0.3) is 0 Å². The van der Waals surface area contributed by atoms with Crippen LogP contribution in [0.4, 0.5) is 4.79 Å². The van der Waals surface area contributed by atoms with E-state index in [2.05, 4.69) is 10.6 Å². The lowest BCUT2D eigenvalue weighted by Crippen LogP contribution is -2.58. The fourth-order valence-corrected chi connectivity index (χ4v) is 5.10. The summed E-state index contributed by atoms with van der Waals surface area (Å²) < 4.78 is 11.1. The molecule has 0 radical (unpaired) electrons. The van der Waals surface area contributed by atoms with Crippen molar-refractivity contribution in [2.45, 2.75) is 115 Å². The average Bonchev–Trinajstić information content (AvgIpc) is 2.92. The molecule has 4 amide bonds. The second-order valence-corrected chi connectivity index (χ2v) is 13.6. The van der Waals surface area contributed by atoms with E-state index in [-0.39, 0.29) is 25.3 Å². The third-order valence-electron chi connectivity index (χ3n) is 7.32. The van der Waals surface area contributed by atoms with Crippen LogP contribution < -0.4 is 16.4 Å². The second-order valence-electron chi connectivity index (χ2n) is 13.6. The quantitative estimate of drug-likeness (QED) is 0.276. The highest BCUT2D eigenvalue weighted by Crippen LogP contribution is 2.34. The highest BCUT2D eigenvalue weighted by molar-refractivity contribution is 5.94. The fourth-order valence-electron chi connectivity index (χ4n) is 5.10. The van der Waals surface area contributed by atoms with Gasteiger partial charge in [-0.05, 0) is 78.4 Å². The van der Waals surface area contributed by atoms with E-state index in [0.29, 0.717) is 18.4 Å². The summed E-state index contributed by atoms with van der Waals surface area (Å²) in [6.45, 7) is 10.3. The second kappa shape index (κ2) is 15.7. The largest absolute Gasteiger partial charge is 0.458 e. The molecule has 1 aliphatic rings. The number of esters is 1. The van der Waals surface area contributed by atoms with Crippen molar-refractivity contribution in [2.24, 2.45) is 5.73 Å². The lowest BCUT2D eigenvalue weighted by Gasteiger charge is -2.44. The molecule has 46 heavy (non-hydrogen) atoms. The zero-order chi connectivity index (χ0) is 34.1. The maximum absolute atomic E-state index is 14.4. The zero-order valence-corrected chi connectivity index (χ0v) is 27.7. The van der Waals surface area contributed by atoms with E-state index >= 15 is 0 Å². The van der Waals surface area contributed by atoms with Crippen LogP contribution in [0.5, 0.6) is 0 Å². The number of carbonyl (C=O) groups is 5. The zero-order valence-electron chi connectivity index (χ0n) is 27.7. The number of nitrogens with two attached hydrogens (primary N) is 1. The first kappa shape index (κ1) is 36.1. The van der Waals surface area contributed by atoms with Gasteiger partial charge in [-0.2, -0.15) is 0 Å². The van der Waals surface area contributed by atoms with Crippen molar-refractivity contribution in [1.29, 1.82) is 0 Å². The Morgan fingerprint density at radius 1 is 0.826 bits per heavy atom. The molecule has 0 saturated heterocycles. The molecule has 4 N–H and O–H groups in total. The summed E-state index contributed by atoms with van der Waals surface area (Å²) in [6, 6.07) is 14.3. The molecule has 1 fully saturated rings. The molecule has 0 heterocycles. The number of amides is 4. The molecule has 0 spiro atoms. The molecular weight excluding hydrogens is 588 g/mol. The van der Waals surface area contributed by atoms with Crippen LogP contribution in [-0.4, -0.2) is 64.0 Å². The number of rotatable bonds is 13. The number of nitrogens with one attached hydrogen (secondary N) is 2. The van der Waals surface area contributed by atoms with Crippen molar-refractivity contribution in [2.75, 3.05) is 0 Å². The van der Waals surface area contributed by atoms with E-state index < -0.39 is 59.1 Å². The molecule has 1 saturated carbocycles. The maximum Gasteiger partial charge on any atom is 0.408 e. The van der Waals surface area contributed by atoms with Crippen molar-refractivity contribution in [1.82, 2.24) is 15.5 Å². The summed E-state index contributed by atoms with van der Waals surface area (Å²) in [5.41, 5.74) is 5.12. The van der Waals surface area contributed by atoms with Crippen molar-refractivity contribution < 1.29 is 33.4 Å². The predicted octanol–water partition coefficient (Wildman–Crippen LogP) is 4.34. The lowest BCUT2D eigenvalue weighted by molar-refractivity contribution is -0.159. The smallest absolute Gasteiger partial charge is 0.408 e. The molecule has 0 aliphatic heterocycles. The Morgan fingerprint density at radius 3 is 1.89 bits per heavy atom. The lowest BCUT2D eigenvalue weighted by atomic mass is 9.87. The number of carbonyl (C=O) groups excluding carboxylic acids is 5. The number of nitrogens with zero attached hydrogens (tertiary/aromatic N) is 1. The van der Waals surface area contributed by atoms with Gasteiger partial charge in [0, 0.05) is 18.9 Å². The van der Waals surface area contributed by atoms with Crippen molar-refractivity contribution in [3.8, 4) is 0 Å². The minimum Gasteiger partial charge on any atom is -0.458 e. The number of ether oxygens (including phenoxy) is 2. The Hall–Kier alpha value is -4.41. The van der Waals surface area contributed by atoms with Crippen LogP contribution in [-0.2, 0) is 35.1 Å². The van der Waals surface area contributed by atoms with Gasteiger partial charge in [0.15, 0.2) is 0 Å². The van der Waals surface area contributed by atoms with E-state index in [1.54, 1.807) is 71.9 Å². The molecule has 11 nitrogen and oxygen atoms in total. The van der Waals surface area contributed by atoms with Crippen LogP contribution >= 0.6 is 0 Å². The molecule has 3 atom stereocenters. The van der Waals surface area contributed by atoms with E-state index in [1.165, 1.54) is 4.90 Å². The normalized spacial score (nSPS) is 15.3. The number of benzene rings is 2. The molecule has 1 aliphatic carbocycles. The van der Waals surface area contributed by atoms with Gasteiger partial charge in [-0.15, -0.1) is 0 Å². The first-order valence-corrected chi connectivity index (χ1v) is 15.8. The standard InChI is InChI=1S/C35H48N4O7/c1-34(2,3)45-32(43)27(22-23-14-9-7-10-15-23)37-30(41)29(24-16-11-8-12-17-24)39(25-18-13-19-25)31(42)26(20-21-28(36)40)38-33(44)46-35(4,5)6/h7-12,14-17,25-27,29H,13,18-22H2,1-6H3,(H2,36,40)(H,37,41)(H,38,44). The average molecular weight is 637 g/mol. The van der Waals surface area contributed by atoms with Gasteiger partial charge in [-0.3, -0.25) is 14.4 Å². The van der Waals surface area contributed by atoms with Gasteiger partial charge < -0.3 is 30.7 Å².